The molecule has 0 heterocycles. The lowest BCUT2D eigenvalue weighted by molar-refractivity contribution is 0.0439. The number of aliphatic hydroxyl groups excluding tert-OH is 1. The van der Waals surface area contributed by atoms with E-state index in [1.165, 1.54) is 0 Å². The van der Waals surface area contributed by atoms with Gasteiger partial charge in [-0.15, -0.1) is 0 Å². The van der Waals surface area contributed by atoms with Crippen LogP contribution in [0.3, 0.4) is 0 Å². The van der Waals surface area contributed by atoms with Crippen molar-refractivity contribution in [2.45, 2.75) is 12.1 Å². The number of benzene rings is 2. The number of hydrogen-bond acceptors (Lipinski definition) is 3. The molecule has 0 aliphatic carbocycles. The molecular weight excluding hydrogens is 226 g/mol. The highest BCUT2D eigenvalue weighted by atomic mass is 16.5. The van der Waals surface area contributed by atoms with E-state index in [2.05, 4.69) is 0 Å². The van der Waals surface area contributed by atoms with Crippen LogP contribution in [-0.4, -0.2) is 11.7 Å². The van der Waals surface area contributed by atoms with Gasteiger partial charge in [0.15, 0.2) is 5.72 Å². The van der Waals surface area contributed by atoms with Crippen LogP contribution < -0.4 is 10.5 Å². The maximum atomic E-state index is 9.18. The van der Waals surface area contributed by atoms with E-state index in [1.807, 2.05) is 60.7 Å². The quantitative estimate of drug-likeness (QED) is 0.792. The minimum absolute atomic E-state index is 0.0295. The first-order valence-corrected chi connectivity index (χ1v) is 5.94. The van der Waals surface area contributed by atoms with Gasteiger partial charge in [-0.25, -0.2) is 0 Å². The first-order valence-electron chi connectivity index (χ1n) is 5.94. The maximum Gasteiger partial charge on any atom is 0.186 e. The molecule has 3 N–H and O–H groups in total. The summed E-state index contributed by atoms with van der Waals surface area (Å²) in [5, 5.41) is 9.18. The van der Waals surface area contributed by atoms with Crippen molar-refractivity contribution in [2.24, 2.45) is 5.73 Å². The summed E-state index contributed by atoms with van der Waals surface area (Å²) in [7, 11) is 0. The molecule has 1 unspecified atom stereocenters. The van der Waals surface area contributed by atoms with Crippen LogP contribution in [0.15, 0.2) is 60.7 Å². The molecular formula is C15H17NO2. The lowest BCUT2D eigenvalue weighted by Crippen LogP contribution is -2.43. The second kappa shape index (κ2) is 5.67. The Morgan fingerprint density at radius 1 is 0.944 bits per heavy atom. The monoisotopic (exact) mass is 243 g/mol. The molecule has 2 rings (SSSR count). The largest absolute Gasteiger partial charge is 0.469 e. The molecule has 0 aliphatic rings. The Kier molecular flexibility index (Phi) is 3.97. The highest BCUT2D eigenvalue weighted by Crippen LogP contribution is 2.26. The Hall–Kier alpha value is -1.84. The molecule has 0 saturated carbocycles. The predicted molar refractivity (Wildman–Crippen MR) is 71.1 cm³/mol. The number of ether oxygens (including phenoxy) is 1. The van der Waals surface area contributed by atoms with Crippen LogP contribution in [0, 0.1) is 0 Å². The van der Waals surface area contributed by atoms with Crippen LogP contribution in [0.25, 0.3) is 0 Å². The summed E-state index contributed by atoms with van der Waals surface area (Å²) in [4.78, 5) is 0. The zero-order valence-corrected chi connectivity index (χ0v) is 10.1. The third-order valence-electron chi connectivity index (χ3n) is 2.79. The van der Waals surface area contributed by atoms with Gasteiger partial charge in [0.1, 0.15) is 5.75 Å². The SMILES string of the molecule is NC(CCO)(Oc1ccccc1)c1ccccc1. The van der Waals surface area contributed by atoms with Crippen LogP contribution in [-0.2, 0) is 5.72 Å². The van der Waals surface area contributed by atoms with Gasteiger partial charge in [-0.1, -0.05) is 48.5 Å². The van der Waals surface area contributed by atoms with Crippen molar-refractivity contribution in [2.75, 3.05) is 6.61 Å². The zero-order chi connectivity index (χ0) is 12.8. The molecule has 0 spiro atoms. The summed E-state index contributed by atoms with van der Waals surface area (Å²) in [6.07, 6.45) is 0.339. The molecule has 0 aliphatic heterocycles. The molecule has 0 saturated heterocycles. The molecule has 2 aromatic rings. The number of nitrogens with two attached hydrogens (primary N) is 1. The van der Waals surface area contributed by atoms with E-state index < -0.39 is 5.72 Å². The summed E-state index contributed by atoms with van der Waals surface area (Å²) >= 11 is 0. The van der Waals surface area contributed by atoms with Crippen LogP contribution in [0.2, 0.25) is 0 Å². The summed E-state index contributed by atoms with van der Waals surface area (Å²) in [6, 6.07) is 18.9. The number of para-hydroxylation sites is 1. The smallest absolute Gasteiger partial charge is 0.186 e. The van der Waals surface area contributed by atoms with Gasteiger partial charge in [-0.2, -0.15) is 0 Å². The fourth-order valence-electron chi connectivity index (χ4n) is 1.84. The van der Waals surface area contributed by atoms with Crippen molar-refractivity contribution < 1.29 is 9.84 Å². The Morgan fingerprint density at radius 3 is 2.06 bits per heavy atom. The highest BCUT2D eigenvalue weighted by Gasteiger charge is 2.28. The topological polar surface area (TPSA) is 55.5 Å². The molecule has 0 radical (unpaired) electrons. The number of hydrogen-bond donors (Lipinski definition) is 2. The Morgan fingerprint density at radius 2 is 1.50 bits per heavy atom. The van der Waals surface area contributed by atoms with Gasteiger partial charge in [-0.05, 0) is 12.1 Å². The molecule has 3 nitrogen and oxygen atoms in total. The third-order valence-corrected chi connectivity index (χ3v) is 2.79. The van der Waals surface area contributed by atoms with Crippen LogP contribution in [0.4, 0.5) is 0 Å². The molecule has 0 aromatic heterocycles. The summed E-state index contributed by atoms with van der Waals surface area (Å²) in [5.41, 5.74) is 6.13. The maximum absolute atomic E-state index is 9.18. The zero-order valence-electron chi connectivity index (χ0n) is 10.1. The van der Waals surface area contributed by atoms with Crippen molar-refractivity contribution in [3.8, 4) is 5.75 Å². The molecule has 94 valence electrons. The number of rotatable bonds is 5. The summed E-state index contributed by atoms with van der Waals surface area (Å²) in [6.45, 7) is -0.0295. The van der Waals surface area contributed by atoms with Crippen molar-refractivity contribution in [1.29, 1.82) is 0 Å². The van der Waals surface area contributed by atoms with Crippen LogP contribution in [0.1, 0.15) is 12.0 Å². The summed E-state index contributed by atoms with van der Waals surface area (Å²) in [5.74, 6) is 0.692. The lowest BCUT2D eigenvalue weighted by atomic mass is 10.0. The van der Waals surface area contributed by atoms with Gasteiger partial charge in [0.05, 0.1) is 0 Å². The van der Waals surface area contributed by atoms with Crippen molar-refractivity contribution >= 4 is 0 Å². The van der Waals surface area contributed by atoms with E-state index in [0.29, 0.717) is 12.2 Å². The normalized spacial score (nSPS) is 13.9. The van der Waals surface area contributed by atoms with Gasteiger partial charge >= 0.3 is 0 Å². The Bertz CT molecular complexity index is 472. The predicted octanol–water partition coefficient (Wildman–Crippen LogP) is 2.26. The van der Waals surface area contributed by atoms with E-state index >= 15 is 0 Å². The van der Waals surface area contributed by atoms with Gasteiger partial charge < -0.3 is 9.84 Å². The fraction of sp³-hybridized carbons (Fsp3) is 0.200. The van der Waals surface area contributed by atoms with E-state index in [1.54, 1.807) is 0 Å². The Balaban J connectivity index is 2.27. The van der Waals surface area contributed by atoms with E-state index in [9.17, 15) is 5.11 Å². The highest BCUT2D eigenvalue weighted by molar-refractivity contribution is 5.27. The second-order valence-electron chi connectivity index (χ2n) is 4.14. The minimum Gasteiger partial charge on any atom is -0.469 e. The summed E-state index contributed by atoms with van der Waals surface area (Å²) < 4.78 is 5.85. The molecule has 18 heavy (non-hydrogen) atoms. The van der Waals surface area contributed by atoms with E-state index in [-0.39, 0.29) is 6.61 Å². The third kappa shape index (κ3) is 2.88. The first kappa shape index (κ1) is 12.6. The standard InChI is InChI=1S/C15H17NO2/c16-15(11-12-17,13-7-3-1-4-8-13)18-14-9-5-2-6-10-14/h1-10,17H,11-12,16H2. The van der Waals surface area contributed by atoms with E-state index in [0.717, 1.165) is 5.56 Å². The first-order chi connectivity index (χ1) is 8.74. The van der Waals surface area contributed by atoms with Crippen molar-refractivity contribution in [1.82, 2.24) is 0 Å². The average molecular weight is 243 g/mol. The molecule has 0 bridgehead atoms. The molecule has 0 fully saturated rings. The average Bonchev–Trinajstić information content (AvgIpc) is 2.41. The molecule has 1 atom stereocenters. The number of aliphatic hydroxyl groups is 1. The minimum atomic E-state index is -1.00. The molecule has 0 amide bonds. The van der Waals surface area contributed by atoms with Crippen LogP contribution >= 0.6 is 0 Å². The molecule has 3 heteroatoms. The van der Waals surface area contributed by atoms with Gasteiger partial charge in [0.2, 0.25) is 0 Å². The fourth-order valence-corrected chi connectivity index (χ4v) is 1.84. The second-order valence-corrected chi connectivity index (χ2v) is 4.14. The van der Waals surface area contributed by atoms with Gasteiger partial charge in [-0.3, -0.25) is 5.73 Å². The Labute approximate surface area is 107 Å². The van der Waals surface area contributed by atoms with Gasteiger partial charge in [0.25, 0.3) is 0 Å². The van der Waals surface area contributed by atoms with Crippen LogP contribution in [0.5, 0.6) is 5.75 Å². The van der Waals surface area contributed by atoms with Crippen molar-refractivity contribution in [3.63, 3.8) is 0 Å². The lowest BCUT2D eigenvalue weighted by Gasteiger charge is -2.30. The van der Waals surface area contributed by atoms with E-state index in [4.69, 9.17) is 10.5 Å². The van der Waals surface area contributed by atoms with Gasteiger partial charge in [0, 0.05) is 18.6 Å². The molecule has 2 aromatic carbocycles. The van der Waals surface area contributed by atoms with Crippen molar-refractivity contribution in [3.05, 3.63) is 66.2 Å².